The number of hydrogen-bond acceptors (Lipinski definition) is 3. The van der Waals surface area contributed by atoms with Crippen molar-refractivity contribution in [2.75, 3.05) is 33.4 Å². The second kappa shape index (κ2) is 5.28. The van der Waals surface area contributed by atoms with Crippen molar-refractivity contribution in [2.24, 2.45) is 17.6 Å². The van der Waals surface area contributed by atoms with Gasteiger partial charge in [0.05, 0.1) is 0 Å². The van der Waals surface area contributed by atoms with E-state index in [2.05, 4.69) is 11.9 Å². The second-order valence-corrected chi connectivity index (χ2v) is 5.14. The highest BCUT2D eigenvalue weighted by Gasteiger charge is 2.33. The zero-order valence-corrected chi connectivity index (χ0v) is 9.82. The van der Waals surface area contributed by atoms with Crippen molar-refractivity contribution in [3.8, 4) is 0 Å². The summed E-state index contributed by atoms with van der Waals surface area (Å²) in [6.45, 7) is 4.03. The van der Waals surface area contributed by atoms with Crippen molar-refractivity contribution < 1.29 is 4.74 Å². The van der Waals surface area contributed by atoms with Gasteiger partial charge in [-0.2, -0.15) is 0 Å². The Balaban J connectivity index is 1.73. The van der Waals surface area contributed by atoms with Crippen LogP contribution >= 0.6 is 0 Å². The Morgan fingerprint density at radius 3 is 2.47 bits per heavy atom. The minimum absolute atomic E-state index is 0.759. The maximum atomic E-state index is 5.75. The molecule has 0 spiro atoms. The number of hydrogen-bond donors (Lipinski definition) is 1. The van der Waals surface area contributed by atoms with Gasteiger partial charge < -0.3 is 15.4 Å². The molecular formula is C12H24N2O. The summed E-state index contributed by atoms with van der Waals surface area (Å²) in [5.41, 5.74) is 5.75. The van der Waals surface area contributed by atoms with E-state index in [0.717, 1.165) is 37.6 Å². The maximum absolute atomic E-state index is 5.75. The minimum atomic E-state index is 0.759. The lowest BCUT2D eigenvalue weighted by Gasteiger charge is -2.43. The van der Waals surface area contributed by atoms with Gasteiger partial charge in [-0.25, -0.2) is 0 Å². The number of rotatable bonds is 4. The van der Waals surface area contributed by atoms with E-state index in [1.807, 2.05) is 0 Å². The number of nitrogens with two attached hydrogens (primary N) is 1. The fourth-order valence-electron chi connectivity index (χ4n) is 2.88. The van der Waals surface area contributed by atoms with Crippen LogP contribution in [0, 0.1) is 11.8 Å². The highest BCUT2D eigenvalue weighted by atomic mass is 16.5. The number of ether oxygens (including phenoxy) is 1. The van der Waals surface area contributed by atoms with Gasteiger partial charge in [-0.05, 0) is 51.1 Å². The summed E-state index contributed by atoms with van der Waals surface area (Å²) >= 11 is 0. The van der Waals surface area contributed by atoms with Crippen molar-refractivity contribution in [1.29, 1.82) is 0 Å². The monoisotopic (exact) mass is 212 g/mol. The SMILES string of the molecule is CN(CC1CCOCC1)C1CCC1CN. The molecule has 0 aromatic rings. The van der Waals surface area contributed by atoms with E-state index in [0.29, 0.717) is 0 Å². The quantitative estimate of drug-likeness (QED) is 0.758. The third-order valence-electron chi connectivity index (χ3n) is 4.13. The standard InChI is InChI=1S/C12H24N2O/c1-14(12-3-2-11(12)8-13)9-10-4-6-15-7-5-10/h10-12H,2-9,13H2,1H3. The fourth-order valence-corrected chi connectivity index (χ4v) is 2.88. The molecule has 1 saturated carbocycles. The molecule has 2 fully saturated rings. The Hall–Kier alpha value is -0.120. The molecule has 2 unspecified atom stereocenters. The van der Waals surface area contributed by atoms with Crippen LogP contribution in [0.4, 0.5) is 0 Å². The van der Waals surface area contributed by atoms with Crippen LogP contribution in [0.1, 0.15) is 25.7 Å². The molecule has 2 aliphatic rings. The highest BCUT2D eigenvalue weighted by molar-refractivity contribution is 4.88. The average molecular weight is 212 g/mol. The molecule has 2 N–H and O–H groups in total. The molecule has 1 aliphatic carbocycles. The molecule has 15 heavy (non-hydrogen) atoms. The summed E-state index contributed by atoms with van der Waals surface area (Å²) in [6, 6.07) is 0.762. The molecule has 0 radical (unpaired) electrons. The molecule has 88 valence electrons. The van der Waals surface area contributed by atoms with Crippen molar-refractivity contribution >= 4 is 0 Å². The largest absolute Gasteiger partial charge is 0.381 e. The molecule has 0 amide bonds. The van der Waals surface area contributed by atoms with Crippen LogP contribution in [0.5, 0.6) is 0 Å². The maximum Gasteiger partial charge on any atom is 0.0469 e. The van der Waals surface area contributed by atoms with Crippen molar-refractivity contribution in [3.05, 3.63) is 0 Å². The molecule has 3 heteroatoms. The average Bonchev–Trinajstić information content (AvgIpc) is 2.18. The van der Waals surface area contributed by atoms with Gasteiger partial charge >= 0.3 is 0 Å². The summed E-state index contributed by atoms with van der Waals surface area (Å²) < 4.78 is 5.39. The molecule has 0 aromatic carbocycles. The minimum Gasteiger partial charge on any atom is -0.381 e. The summed E-state index contributed by atoms with van der Waals surface area (Å²) in [7, 11) is 2.27. The Morgan fingerprint density at radius 1 is 1.20 bits per heavy atom. The van der Waals surface area contributed by atoms with E-state index in [9.17, 15) is 0 Å². The smallest absolute Gasteiger partial charge is 0.0469 e. The number of nitrogens with zero attached hydrogens (tertiary/aromatic N) is 1. The molecular weight excluding hydrogens is 188 g/mol. The Morgan fingerprint density at radius 2 is 1.93 bits per heavy atom. The van der Waals surface area contributed by atoms with Crippen LogP contribution < -0.4 is 5.73 Å². The second-order valence-electron chi connectivity index (χ2n) is 5.14. The predicted molar refractivity (Wildman–Crippen MR) is 61.7 cm³/mol. The molecule has 2 rings (SSSR count). The van der Waals surface area contributed by atoms with E-state index in [4.69, 9.17) is 10.5 Å². The third-order valence-corrected chi connectivity index (χ3v) is 4.13. The van der Waals surface area contributed by atoms with Crippen molar-refractivity contribution in [2.45, 2.75) is 31.7 Å². The summed E-state index contributed by atoms with van der Waals surface area (Å²) in [6.07, 6.45) is 5.16. The third kappa shape index (κ3) is 2.71. The van der Waals surface area contributed by atoms with Crippen LogP contribution in [0.25, 0.3) is 0 Å². The molecule has 0 aromatic heterocycles. The van der Waals surface area contributed by atoms with Crippen LogP contribution in [-0.4, -0.2) is 44.3 Å². The van der Waals surface area contributed by atoms with Gasteiger partial charge in [0.15, 0.2) is 0 Å². The van der Waals surface area contributed by atoms with Crippen LogP contribution in [0.15, 0.2) is 0 Å². The molecule has 1 aliphatic heterocycles. The zero-order chi connectivity index (χ0) is 10.7. The lowest BCUT2D eigenvalue weighted by Crippen LogP contribution is -2.49. The van der Waals surface area contributed by atoms with Gasteiger partial charge in [-0.1, -0.05) is 0 Å². The van der Waals surface area contributed by atoms with E-state index in [-0.39, 0.29) is 0 Å². The molecule has 3 nitrogen and oxygen atoms in total. The molecule has 1 saturated heterocycles. The molecule has 0 bridgehead atoms. The molecule has 2 atom stereocenters. The van der Waals surface area contributed by atoms with E-state index in [1.54, 1.807) is 0 Å². The van der Waals surface area contributed by atoms with Gasteiger partial charge in [-0.3, -0.25) is 0 Å². The highest BCUT2D eigenvalue weighted by Crippen LogP contribution is 2.31. The first-order chi connectivity index (χ1) is 7.31. The predicted octanol–water partition coefficient (Wildman–Crippen LogP) is 1.08. The van der Waals surface area contributed by atoms with E-state index < -0.39 is 0 Å². The van der Waals surface area contributed by atoms with E-state index in [1.165, 1.54) is 32.2 Å². The Bertz CT molecular complexity index is 190. The zero-order valence-electron chi connectivity index (χ0n) is 9.82. The van der Waals surface area contributed by atoms with Gasteiger partial charge in [0.2, 0.25) is 0 Å². The Labute approximate surface area is 93.0 Å². The van der Waals surface area contributed by atoms with Crippen LogP contribution in [-0.2, 0) is 4.74 Å². The molecule has 1 heterocycles. The van der Waals surface area contributed by atoms with Gasteiger partial charge in [-0.15, -0.1) is 0 Å². The summed E-state index contributed by atoms with van der Waals surface area (Å²) in [5.74, 6) is 1.61. The van der Waals surface area contributed by atoms with Crippen LogP contribution in [0.3, 0.4) is 0 Å². The van der Waals surface area contributed by atoms with Crippen molar-refractivity contribution in [1.82, 2.24) is 4.90 Å². The van der Waals surface area contributed by atoms with Crippen LogP contribution in [0.2, 0.25) is 0 Å². The van der Waals surface area contributed by atoms with Gasteiger partial charge in [0, 0.05) is 25.8 Å². The first kappa shape index (κ1) is 11.4. The van der Waals surface area contributed by atoms with E-state index >= 15 is 0 Å². The van der Waals surface area contributed by atoms with Crippen molar-refractivity contribution in [3.63, 3.8) is 0 Å². The fraction of sp³-hybridized carbons (Fsp3) is 1.00. The van der Waals surface area contributed by atoms with Gasteiger partial charge in [0.1, 0.15) is 0 Å². The summed E-state index contributed by atoms with van der Waals surface area (Å²) in [5, 5.41) is 0. The first-order valence-corrected chi connectivity index (χ1v) is 6.29. The lowest BCUT2D eigenvalue weighted by molar-refractivity contribution is 0.0284. The first-order valence-electron chi connectivity index (χ1n) is 6.29. The lowest BCUT2D eigenvalue weighted by atomic mass is 9.78. The Kier molecular flexibility index (Phi) is 4.00. The summed E-state index contributed by atoms with van der Waals surface area (Å²) in [4.78, 5) is 2.54. The van der Waals surface area contributed by atoms with Gasteiger partial charge in [0.25, 0.3) is 0 Å². The normalized spacial score (nSPS) is 33.0. The topological polar surface area (TPSA) is 38.5 Å².